The number of urea groups is 1. The molecule has 1 saturated heterocycles. The first-order valence-corrected chi connectivity index (χ1v) is 9.26. The van der Waals surface area contributed by atoms with Gasteiger partial charge in [0.15, 0.2) is 0 Å². The highest BCUT2D eigenvalue weighted by molar-refractivity contribution is 5.94. The zero-order valence-electron chi connectivity index (χ0n) is 15.6. The first-order chi connectivity index (χ1) is 13.2. The Kier molecular flexibility index (Phi) is 6.30. The average molecular weight is 367 g/mol. The molecule has 0 spiro atoms. The minimum Gasteiger partial charge on any atom is -0.494 e. The van der Waals surface area contributed by atoms with E-state index in [1.165, 1.54) is 0 Å². The van der Waals surface area contributed by atoms with Crippen LogP contribution in [0, 0.1) is 0 Å². The van der Waals surface area contributed by atoms with Crippen molar-refractivity contribution in [3.8, 4) is 5.75 Å². The SMILES string of the molecule is CCOc1ccc(C(=O)N2CCN(C(=O)NCc3ccccc3)CC2)cc1. The van der Waals surface area contributed by atoms with Gasteiger partial charge in [-0.3, -0.25) is 4.79 Å². The van der Waals surface area contributed by atoms with Crippen LogP contribution in [0.1, 0.15) is 22.8 Å². The summed E-state index contributed by atoms with van der Waals surface area (Å²) in [6.45, 7) is 5.16. The van der Waals surface area contributed by atoms with Crippen LogP contribution in [0.4, 0.5) is 4.79 Å². The lowest BCUT2D eigenvalue weighted by atomic mass is 10.1. The third-order valence-corrected chi connectivity index (χ3v) is 4.55. The summed E-state index contributed by atoms with van der Waals surface area (Å²) in [4.78, 5) is 28.5. The molecule has 1 N–H and O–H groups in total. The summed E-state index contributed by atoms with van der Waals surface area (Å²) in [7, 11) is 0. The fourth-order valence-electron chi connectivity index (χ4n) is 3.04. The summed E-state index contributed by atoms with van der Waals surface area (Å²) in [6.07, 6.45) is 0. The van der Waals surface area contributed by atoms with Gasteiger partial charge in [-0.25, -0.2) is 4.79 Å². The minimum absolute atomic E-state index is 0.0117. The number of nitrogens with one attached hydrogen (secondary N) is 1. The number of benzene rings is 2. The van der Waals surface area contributed by atoms with Crippen molar-refractivity contribution in [1.29, 1.82) is 0 Å². The molecule has 1 heterocycles. The van der Waals surface area contributed by atoms with Crippen LogP contribution >= 0.6 is 0 Å². The predicted molar refractivity (Wildman–Crippen MR) is 104 cm³/mol. The Morgan fingerprint density at radius 3 is 2.19 bits per heavy atom. The van der Waals surface area contributed by atoms with Gasteiger partial charge in [-0.1, -0.05) is 30.3 Å². The summed E-state index contributed by atoms with van der Waals surface area (Å²) in [5.74, 6) is 0.747. The average Bonchev–Trinajstić information content (AvgIpc) is 2.73. The van der Waals surface area contributed by atoms with E-state index in [1.54, 1.807) is 21.9 Å². The molecule has 27 heavy (non-hydrogen) atoms. The van der Waals surface area contributed by atoms with Gasteiger partial charge in [0.05, 0.1) is 6.61 Å². The van der Waals surface area contributed by atoms with E-state index < -0.39 is 0 Å². The Morgan fingerprint density at radius 2 is 1.56 bits per heavy atom. The second-order valence-corrected chi connectivity index (χ2v) is 6.38. The highest BCUT2D eigenvalue weighted by Gasteiger charge is 2.24. The summed E-state index contributed by atoms with van der Waals surface area (Å²) in [5, 5.41) is 2.93. The van der Waals surface area contributed by atoms with Crippen molar-refractivity contribution >= 4 is 11.9 Å². The van der Waals surface area contributed by atoms with Gasteiger partial charge in [-0.15, -0.1) is 0 Å². The first kappa shape index (κ1) is 18.8. The number of hydrogen-bond donors (Lipinski definition) is 1. The van der Waals surface area contributed by atoms with Gasteiger partial charge in [0.2, 0.25) is 0 Å². The lowest BCUT2D eigenvalue weighted by molar-refractivity contribution is 0.0665. The zero-order valence-corrected chi connectivity index (χ0v) is 15.6. The molecule has 0 radical (unpaired) electrons. The molecule has 3 rings (SSSR count). The smallest absolute Gasteiger partial charge is 0.317 e. The van der Waals surface area contributed by atoms with Crippen LogP contribution in [-0.2, 0) is 6.54 Å². The molecule has 0 aromatic heterocycles. The van der Waals surface area contributed by atoms with Gasteiger partial charge in [0, 0.05) is 38.3 Å². The van der Waals surface area contributed by atoms with Crippen LogP contribution < -0.4 is 10.1 Å². The maximum absolute atomic E-state index is 12.6. The van der Waals surface area contributed by atoms with Crippen molar-refractivity contribution in [3.05, 3.63) is 65.7 Å². The Morgan fingerprint density at radius 1 is 0.926 bits per heavy atom. The zero-order chi connectivity index (χ0) is 19.1. The van der Waals surface area contributed by atoms with Gasteiger partial charge in [-0.05, 0) is 36.8 Å². The van der Waals surface area contributed by atoms with E-state index in [1.807, 2.05) is 49.4 Å². The predicted octanol–water partition coefficient (Wildman–Crippen LogP) is 2.75. The Bertz CT molecular complexity index is 754. The van der Waals surface area contributed by atoms with Crippen LogP contribution in [0.5, 0.6) is 5.75 Å². The standard InChI is InChI=1S/C21H25N3O3/c1-2-27-19-10-8-18(9-11-19)20(25)23-12-14-24(15-13-23)21(26)22-16-17-6-4-3-5-7-17/h3-11H,2,12-16H2,1H3,(H,22,26). The summed E-state index contributed by atoms with van der Waals surface area (Å²) < 4.78 is 5.41. The van der Waals surface area contributed by atoms with Gasteiger partial charge in [-0.2, -0.15) is 0 Å². The number of amides is 3. The largest absolute Gasteiger partial charge is 0.494 e. The molecule has 1 fully saturated rings. The topological polar surface area (TPSA) is 61.9 Å². The highest BCUT2D eigenvalue weighted by Crippen LogP contribution is 2.15. The number of nitrogens with zero attached hydrogens (tertiary/aromatic N) is 2. The van der Waals surface area contributed by atoms with Crippen molar-refractivity contribution in [2.75, 3.05) is 32.8 Å². The summed E-state index contributed by atoms with van der Waals surface area (Å²) >= 11 is 0. The molecular weight excluding hydrogens is 342 g/mol. The van der Waals surface area contributed by atoms with Crippen LogP contribution in [0.2, 0.25) is 0 Å². The second-order valence-electron chi connectivity index (χ2n) is 6.38. The molecule has 142 valence electrons. The Hall–Kier alpha value is -3.02. The molecule has 1 aliphatic heterocycles. The molecular formula is C21H25N3O3. The van der Waals surface area contributed by atoms with E-state index in [0.29, 0.717) is 44.9 Å². The summed E-state index contributed by atoms with van der Waals surface area (Å²) in [5.41, 5.74) is 1.70. The fraction of sp³-hybridized carbons (Fsp3) is 0.333. The Balaban J connectivity index is 1.47. The van der Waals surface area contributed by atoms with Gasteiger partial charge < -0.3 is 19.9 Å². The molecule has 0 unspecified atom stereocenters. The van der Waals surface area contributed by atoms with E-state index in [-0.39, 0.29) is 11.9 Å². The second kappa shape index (κ2) is 9.07. The number of carbonyl (C=O) groups excluding carboxylic acids is 2. The van der Waals surface area contributed by atoms with Gasteiger partial charge in [0.1, 0.15) is 5.75 Å². The maximum atomic E-state index is 12.6. The van der Waals surface area contributed by atoms with E-state index >= 15 is 0 Å². The van der Waals surface area contributed by atoms with Gasteiger partial charge >= 0.3 is 6.03 Å². The highest BCUT2D eigenvalue weighted by atomic mass is 16.5. The van der Waals surface area contributed by atoms with Crippen molar-refractivity contribution in [1.82, 2.24) is 15.1 Å². The molecule has 0 atom stereocenters. The molecule has 0 bridgehead atoms. The lowest BCUT2D eigenvalue weighted by Crippen LogP contribution is -2.53. The number of ether oxygens (including phenoxy) is 1. The van der Waals surface area contributed by atoms with Crippen molar-refractivity contribution in [2.45, 2.75) is 13.5 Å². The number of piperazine rings is 1. The number of rotatable bonds is 5. The molecule has 0 saturated carbocycles. The molecule has 2 aromatic carbocycles. The Labute approximate surface area is 159 Å². The molecule has 1 aliphatic rings. The molecule has 6 heteroatoms. The third kappa shape index (κ3) is 5.00. The summed E-state index contributed by atoms with van der Waals surface area (Å²) in [6, 6.07) is 16.9. The minimum atomic E-state index is -0.0907. The van der Waals surface area contributed by atoms with E-state index in [4.69, 9.17) is 4.74 Å². The van der Waals surface area contributed by atoms with E-state index in [2.05, 4.69) is 5.32 Å². The quantitative estimate of drug-likeness (QED) is 0.884. The fourth-order valence-corrected chi connectivity index (χ4v) is 3.04. The van der Waals surface area contributed by atoms with Crippen LogP contribution in [-0.4, -0.2) is 54.5 Å². The first-order valence-electron chi connectivity index (χ1n) is 9.26. The van der Waals surface area contributed by atoms with E-state index in [0.717, 1.165) is 11.3 Å². The molecule has 0 aliphatic carbocycles. The lowest BCUT2D eigenvalue weighted by Gasteiger charge is -2.34. The molecule has 3 amide bonds. The normalized spacial score (nSPS) is 14.0. The number of hydrogen-bond acceptors (Lipinski definition) is 3. The van der Waals surface area contributed by atoms with Crippen LogP contribution in [0.15, 0.2) is 54.6 Å². The monoisotopic (exact) mass is 367 g/mol. The maximum Gasteiger partial charge on any atom is 0.317 e. The van der Waals surface area contributed by atoms with Gasteiger partial charge in [0.25, 0.3) is 5.91 Å². The van der Waals surface area contributed by atoms with Crippen molar-refractivity contribution < 1.29 is 14.3 Å². The van der Waals surface area contributed by atoms with E-state index in [9.17, 15) is 9.59 Å². The van der Waals surface area contributed by atoms with Crippen molar-refractivity contribution in [2.24, 2.45) is 0 Å². The third-order valence-electron chi connectivity index (χ3n) is 4.55. The molecule has 6 nitrogen and oxygen atoms in total. The van der Waals surface area contributed by atoms with Crippen LogP contribution in [0.3, 0.4) is 0 Å². The number of carbonyl (C=O) groups is 2. The van der Waals surface area contributed by atoms with Crippen molar-refractivity contribution in [3.63, 3.8) is 0 Å². The molecule has 2 aromatic rings. The van der Waals surface area contributed by atoms with Crippen LogP contribution in [0.25, 0.3) is 0 Å².